The normalized spacial score (nSPS) is 32.7. The highest BCUT2D eigenvalue weighted by Gasteiger charge is 2.50. The SMILES string of the molecule is CCCCCCCCCCC[C@@]12CCC[C@@H](OC1O)O2. The van der Waals surface area contributed by atoms with E-state index in [1.54, 1.807) is 0 Å². The van der Waals surface area contributed by atoms with Gasteiger partial charge in [0.1, 0.15) is 5.60 Å². The number of ether oxygens (including phenoxy) is 2. The molecule has 1 unspecified atom stereocenters. The average Bonchev–Trinajstić information content (AvgIpc) is 2.67. The molecule has 2 rings (SSSR count). The largest absolute Gasteiger partial charge is 0.366 e. The Hall–Kier alpha value is -0.120. The van der Waals surface area contributed by atoms with Crippen LogP contribution in [0.5, 0.6) is 0 Å². The van der Waals surface area contributed by atoms with Crippen molar-refractivity contribution in [2.75, 3.05) is 0 Å². The lowest BCUT2D eigenvalue weighted by molar-refractivity contribution is -0.122. The first-order chi connectivity index (χ1) is 9.77. The number of aliphatic hydroxyl groups is 1. The third-order valence-electron chi connectivity index (χ3n) is 4.84. The van der Waals surface area contributed by atoms with Crippen LogP contribution in [-0.2, 0) is 9.47 Å². The monoisotopic (exact) mass is 284 g/mol. The first-order valence-electron chi connectivity index (χ1n) is 8.78. The number of hydrogen-bond acceptors (Lipinski definition) is 3. The van der Waals surface area contributed by atoms with E-state index in [1.165, 1.54) is 51.4 Å². The second-order valence-corrected chi connectivity index (χ2v) is 6.57. The second kappa shape index (κ2) is 8.35. The summed E-state index contributed by atoms with van der Waals surface area (Å²) in [7, 11) is 0. The summed E-state index contributed by atoms with van der Waals surface area (Å²) in [5, 5.41) is 10.0. The third kappa shape index (κ3) is 4.44. The van der Waals surface area contributed by atoms with Crippen LogP contribution in [0.3, 0.4) is 0 Å². The third-order valence-corrected chi connectivity index (χ3v) is 4.84. The molecule has 0 aromatic carbocycles. The molecule has 118 valence electrons. The van der Waals surface area contributed by atoms with Gasteiger partial charge in [-0.3, -0.25) is 0 Å². The lowest BCUT2D eigenvalue weighted by Crippen LogP contribution is -2.41. The van der Waals surface area contributed by atoms with Gasteiger partial charge in [-0.2, -0.15) is 0 Å². The molecule has 0 spiro atoms. The van der Waals surface area contributed by atoms with E-state index in [1.807, 2.05) is 0 Å². The Morgan fingerprint density at radius 3 is 2.35 bits per heavy atom. The van der Waals surface area contributed by atoms with Gasteiger partial charge in [-0.25, -0.2) is 0 Å². The number of unbranched alkanes of at least 4 members (excludes halogenated alkanes) is 8. The van der Waals surface area contributed by atoms with E-state index in [4.69, 9.17) is 9.47 Å². The van der Waals surface area contributed by atoms with E-state index in [-0.39, 0.29) is 11.9 Å². The zero-order chi connectivity index (χ0) is 14.3. The molecule has 3 nitrogen and oxygen atoms in total. The van der Waals surface area contributed by atoms with E-state index in [9.17, 15) is 5.11 Å². The maximum Gasteiger partial charge on any atom is 0.187 e. The van der Waals surface area contributed by atoms with Crippen LogP contribution in [0.25, 0.3) is 0 Å². The summed E-state index contributed by atoms with van der Waals surface area (Å²) >= 11 is 0. The van der Waals surface area contributed by atoms with Gasteiger partial charge in [0.2, 0.25) is 0 Å². The molecule has 1 N–H and O–H groups in total. The number of rotatable bonds is 10. The lowest BCUT2D eigenvalue weighted by Gasteiger charge is -2.32. The maximum absolute atomic E-state index is 10.0. The maximum atomic E-state index is 10.0. The topological polar surface area (TPSA) is 38.7 Å². The molecule has 2 saturated heterocycles. The van der Waals surface area contributed by atoms with Gasteiger partial charge in [0.15, 0.2) is 12.6 Å². The Bertz CT molecular complexity index is 269. The zero-order valence-electron chi connectivity index (χ0n) is 13.1. The standard InChI is InChI=1S/C17H32O3/c1-2-3-4-5-6-7-8-9-10-13-17-14-11-12-15(20-17)19-16(17)18/h15-16,18H,2-14H2,1H3/t15-,16?,17+/m0/s1. The first kappa shape index (κ1) is 16.3. The molecule has 0 amide bonds. The Morgan fingerprint density at radius 1 is 1.00 bits per heavy atom. The van der Waals surface area contributed by atoms with Gasteiger partial charge < -0.3 is 14.6 Å². The smallest absolute Gasteiger partial charge is 0.187 e. The molecule has 3 heteroatoms. The molecule has 3 atom stereocenters. The summed E-state index contributed by atoms with van der Waals surface area (Å²) in [5.74, 6) is 0. The van der Waals surface area contributed by atoms with Crippen LogP contribution in [0.1, 0.15) is 90.4 Å². The van der Waals surface area contributed by atoms with E-state index >= 15 is 0 Å². The molecular formula is C17H32O3. The molecule has 2 bridgehead atoms. The van der Waals surface area contributed by atoms with E-state index < -0.39 is 6.29 Å². The van der Waals surface area contributed by atoms with Crippen molar-refractivity contribution in [2.24, 2.45) is 0 Å². The van der Waals surface area contributed by atoms with Crippen molar-refractivity contribution < 1.29 is 14.6 Å². The predicted molar refractivity (Wildman–Crippen MR) is 80.4 cm³/mol. The second-order valence-electron chi connectivity index (χ2n) is 6.57. The Morgan fingerprint density at radius 2 is 1.65 bits per heavy atom. The predicted octanol–water partition coefficient (Wildman–Crippen LogP) is 4.52. The van der Waals surface area contributed by atoms with Crippen molar-refractivity contribution in [1.82, 2.24) is 0 Å². The average molecular weight is 284 g/mol. The quantitative estimate of drug-likeness (QED) is 0.599. The zero-order valence-corrected chi connectivity index (χ0v) is 13.1. The van der Waals surface area contributed by atoms with Gasteiger partial charge in [-0.15, -0.1) is 0 Å². The summed E-state index contributed by atoms with van der Waals surface area (Å²) in [6, 6.07) is 0. The summed E-state index contributed by atoms with van der Waals surface area (Å²) in [6.07, 6.45) is 15.1. The highest BCUT2D eigenvalue weighted by molar-refractivity contribution is 4.91. The fourth-order valence-corrected chi connectivity index (χ4v) is 3.54. The van der Waals surface area contributed by atoms with E-state index in [0.29, 0.717) is 0 Å². The summed E-state index contributed by atoms with van der Waals surface area (Å²) in [5.41, 5.74) is -0.371. The fourth-order valence-electron chi connectivity index (χ4n) is 3.54. The summed E-state index contributed by atoms with van der Waals surface area (Å²) < 4.78 is 11.4. The number of aliphatic hydroxyl groups excluding tert-OH is 1. The van der Waals surface area contributed by atoms with Gasteiger partial charge in [0.25, 0.3) is 0 Å². The van der Waals surface area contributed by atoms with Crippen LogP contribution in [-0.4, -0.2) is 23.3 Å². The van der Waals surface area contributed by atoms with E-state index in [2.05, 4.69) is 6.92 Å². The minimum atomic E-state index is -0.691. The van der Waals surface area contributed by atoms with Crippen molar-refractivity contribution >= 4 is 0 Å². The van der Waals surface area contributed by atoms with Crippen molar-refractivity contribution in [3.63, 3.8) is 0 Å². The lowest BCUT2D eigenvalue weighted by atomic mass is 9.88. The van der Waals surface area contributed by atoms with Gasteiger partial charge in [0.05, 0.1) is 0 Å². The van der Waals surface area contributed by atoms with Crippen LogP contribution < -0.4 is 0 Å². The van der Waals surface area contributed by atoms with Crippen molar-refractivity contribution in [3.8, 4) is 0 Å². The van der Waals surface area contributed by atoms with Crippen LogP contribution >= 0.6 is 0 Å². The molecule has 2 fully saturated rings. The van der Waals surface area contributed by atoms with Crippen LogP contribution in [0.4, 0.5) is 0 Å². The molecule has 20 heavy (non-hydrogen) atoms. The number of fused-ring (bicyclic) bond motifs is 2. The van der Waals surface area contributed by atoms with Gasteiger partial charge in [0, 0.05) is 0 Å². The van der Waals surface area contributed by atoms with Crippen LogP contribution in [0.15, 0.2) is 0 Å². The van der Waals surface area contributed by atoms with Gasteiger partial charge in [-0.05, 0) is 25.7 Å². The molecule has 2 aliphatic heterocycles. The highest BCUT2D eigenvalue weighted by atomic mass is 16.8. The minimum absolute atomic E-state index is 0.141. The number of hydrogen-bond donors (Lipinski definition) is 1. The van der Waals surface area contributed by atoms with Crippen molar-refractivity contribution in [1.29, 1.82) is 0 Å². The minimum Gasteiger partial charge on any atom is -0.366 e. The molecule has 0 aromatic rings. The van der Waals surface area contributed by atoms with Gasteiger partial charge in [-0.1, -0.05) is 64.7 Å². The Kier molecular flexibility index (Phi) is 6.79. The molecule has 0 aliphatic carbocycles. The highest BCUT2D eigenvalue weighted by Crippen LogP contribution is 2.42. The molecular weight excluding hydrogens is 252 g/mol. The fraction of sp³-hybridized carbons (Fsp3) is 1.00. The van der Waals surface area contributed by atoms with Crippen LogP contribution in [0.2, 0.25) is 0 Å². The van der Waals surface area contributed by atoms with Crippen LogP contribution in [0, 0.1) is 0 Å². The molecule has 2 aliphatic rings. The van der Waals surface area contributed by atoms with Gasteiger partial charge >= 0.3 is 0 Å². The van der Waals surface area contributed by atoms with E-state index in [0.717, 1.165) is 32.1 Å². The first-order valence-corrected chi connectivity index (χ1v) is 8.78. The molecule has 0 radical (unpaired) electrons. The molecule has 0 saturated carbocycles. The summed E-state index contributed by atoms with van der Waals surface area (Å²) in [4.78, 5) is 0. The summed E-state index contributed by atoms with van der Waals surface area (Å²) in [6.45, 7) is 2.26. The van der Waals surface area contributed by atoms with Crippen molar-refractivity contribution in [2.45, 2.75) is 109 Å². The Balaban J connectivity index is 1.51. The Labute approximate surface area is 124 Å². The molecule has 0 aromatic heterocycles. The van der Waals surface area contributed by atoms with Crippen molar-refractivity contribution in [3.05, 3.63) is 0 Å². The molecule has 2 heterocycles.